The molecule has 0 aromatic carbocycles. The summed E-state index contributed by atoms with van der Waals surface area (Å²) in [6.07, 6.45) is 34.0. The van der Waals surface area contributed by atoms with Crippen molar-refractivity contribution in [1.82, 2.24) is 0 Å². The minimum atomic E-state index is -1.26. The van der Waals surface area contributed by atoms with Crippen LogP contribution in [0.5, 0.6) is 0 Å². The van der Waals surface area contributed by atoms with Crippen LogP contribution in [0.1, 0.15) is 0 Å². The van der Waals surface area contributed by atoms with Gasteiger partial charge in [-0.15, -0.1) is 51.4 Å². The smallest absolute Gasteiger partial charge is 0.190 e. The average Bonchev–Trinajstić information content (AvgIpc) is 3.08. The fourth-order valence-corrected chi connectivity index (χ4v) is 4.85. The number of hydrogen-bond acceptors (Lipinski definition) is 11. The van der Waals surface area contributed by atoms with Gasteiger partial charge < -0.3 is 52.1 Å². The normalized spacial score (nSPS) is 29.7. The Balaban J connectivity index is 2.59. The first-order chi connectivity index (χ1) is 23.0. The highest BCUT2D eigenvalue weighted by Crippen LogP contribution is 2.34. The molecule has 11 heteroatoms. The van der Waals surface area contributed by atoms with Crippen LogP contribution in [0.15, 0.2) is 0 Å². The van der Waals surface area contributed by atoms with E-state index < -0.39 is 61.4 Å². The standard InChI is InChI=1S/C36H38O11/c1-9-17-37-25-27-29(39-19-11-3)31(41-21-13-5)33(43-23-15-7)35(45-27)47-36-34(44-24-16-8)32(42-22-14-6)30(40-20-12-4)28(46-36)26-38-18-10-2/h1-8,27-36H,17-26H2/t27?,28?,29-,30-,31?,32?,33?,34?,35+,36+/m1/s1. The number of ether oxygens (including phenoxy) is 11. The van der Waals surface area contributed by atoms with Gasteiger partial charge in [0.2, 0.25) is 0 Å². The molecule has 0 spiro atoms. The van der Waals surface area contributed by atoms with E-state index in [1.165, 1.54) is 0 Å². The zero-order valence-corrected chi connectivity index (χ0v) is 26.0. The van der Waals surface area contributed by atoms with Crippen molar-refractivity contribution in [1.29, 1.82) is 0 Å². The number of rotatable bonds is 20. The van der Waals surface area contributed by atoms with E-state index in [0.717, 1.165) is 0 Å². The van der Waals surface area contributed by atoms with E-state index >= 15 is 0 Å². The predicted molar refractivity (Wildman–Crippen MR) is 169 cm³/mol. The molecule has 47 heavy (non-hydrogen) atoms. The molecule has 0 N–H and O–H groups in total. The molecular formula is C36H38O11. The first-order valence-electron chi connectivity index (χ1n) is 14.3. The molecule has 0 aromatic heterocycles. The second-order valence-corrected chi connectivity index (χ2v) is 9.54. The van der Waals surface area contributed by atoms with Crippen molar-refractivity contribution in [3.8, 4) is 98.8 Å². The van der Waals surface area contributed by atoms with Crippen molar-refractivity contribution in [2.75, 3.05) is 66.1 Å². The van der Waals surface area contributed by atoms with Gasteiger partial charge in [0.05, 0.1) is 13.2 Å². The Hall–Kier alpha value is -3.96. The zero-order chi connectivity index (χ0) is 34.3. The molecule has 0 radical (unpaired) electrons. The van der Waals surface area contributed by atoms with E-state index in [0.29, 0.717) is 0 Å². The average molecular weight is 647 g/mol. The molecular weight excluding hydrogens is 608 g/mol. The summed E-state index contributed by atoms with van der Waals surface area (Å²) in [7, 11) is 0. The SMILES string of the molecule is C#CCOCC1O[C@@H](O[C@@H]2OC(COCC#C)[C@@H](OCC#C)C(OCC#C)C2OCC#C)C(OCC#C)C(OCC#C)[C@@H]1OCC#C. The van der Waals surface area contributed by atoms with E-state index in [9.17, 15) is 0 Å². The molecule has 0 saturated carbocycles. The lowest BCUT2D eigenvalue weighted by Gasteiger charge is -2.49. The van der Waals surface area contributed by atoms with Gasteiger partial charge in [-0.2, -0.15) is 0 Å². The highest BCUT2D eigenvalue weighted by Gasteiger charge is 2.54. The fraction of sp³-hybridized carbons (Fsp3) is 0.556. The van der Waals surface area contributed by atoms with E-state index in [1.54, 1.807) is 0 Å². The van der Waals surface area contributed by atoms with Gasteiger partial charge in [-0.1, -0.05) is 47.4 Å². The molecule has 0 aliphatic carbocycles. The second kappa shape index (κ2) is 23.4. The maximum Gasteiger partial charge on any atom is 0.190 e. The van der Waals surface area contributed by atoms with E-state index in [-0.39, 0.29) is 66.1 Å². The summed E-state index contributed by atoms with van der Waals surface area (Å²) in [6, 6.07) is 0. The summed E-state index contributed by atoms with van der Waals surface area (Å²) in [5, 5.41) is 0. The Labute approximate surface area is 278 Å². The summed E-state index contributed by atoms with van der Waals surface area (Å²) in [6.45, 7) is -0.876. The molecule has 248 valence electrons. The van der Waals surface area contributed by atoms with Crippen LogP contribution in [0.2, 0.25) is 0 Å². The maximum absolute atomic E-state index is 6.47. The van der Waals surface area contributed by atoms with Crippen molar-refractivity contribution in [2.24, 2.45) is 0 Å². The predicted octanol–water partition coefficient (Wildman–Crippen LogP) is -0.137. The molecule has 2 fully saturated rings. The molecule has 6 unspecified atom stereocenters. The Morgan fingerprint density at radius 3 is 0.936 bits per heavy atom. The van der Waals surface area contributed by atoms with Crippen LogP contribution in [-0.4, -0.2) is 127 Å². The molecule has 2 aliphatic rings. The van der Waals surface area contributed by atoms with Gasteiger partial charge in [-0.25, -0.2) is 0 Å². The van der Waals surface area contributed by atoms with Crippen LogP contribution in [-0.2, 0) is 52.1 Å². The monoisotopic (exact) mass is 646 g/mol. The Morgan fingerprint density at radius 1 is 0.362 bits per heavy atom. The third-order valence-corrected chi connectivity index (χ3v) is 6.54. The number of hydrogen-bond donors (Lipinski definition) is 0. The van der Waals surface area contributed by atoms with Crippen molar-refractivity contribution < 1.29 is 52.1 Å². The lowest BCUT2D eigenvalue weighted by atomic mass is 9.97. The minimum Gasteiger partial charge on any atom is -0.366 e. The molecule has 10 atom stereocenters. The highest BCUT2D eigenvalue weighted by molar-refractivity contribution is 5.01. The van der Waals surface area contributed by atoms with E-state index in [4.69, 9.17) is 103 Å². The molecule has 0 bridgehead atoms. The van der Waals surface area contributed by atoms with Crippen LogP contribution in [0.4, 0.5) is 0 Å². The van der Waals surface area contributed by atoms with Crippen LogP contribution >= 0.6 is 0 Å². The van der Waals surface area contributed by atoms with Gasteiger partial charge in [-0.3, -0.25) is 0 Å². The molecule has 2 rings (SSSR count). The van der Waals surface area contributed by atoms with Gasteiger partial charge in [-0.05, 0) is 0 Å². The highest BCUT2D eigenvalue weighted by atomic mass is 16.8. The summed E-state index contributed by atoms with van der Waals surface area (Å²) in [4.78, 5) is 0. The Morgan fingerprint density at radius 2 is 0.638 bits per heavy atom. The molecule has 0 amide bonds. The third kappa shape index (κ3) is 12.3. The van der Waals surface area contributed by atoms with Crippen molar-refractivity contribution in [3.05, 3.63) is 0 Å². The van der Waals surface area contributed by atoms with Gasteiger partial charge in [0.25, 0.3) is 0 Å². The lowest BCUT2D eigenvalue weighted by molar-refractivity contribution is -0.388. The van der Waals surface area contributed by atoms with E-state index in [2.05, 4.69) is 47.4 Å². The first kappa shape index (κ1) is 39.2. The van der Waals surface area contributed by atoms with Gasteiger partial charge >= 0.3 is 0 Å². The van der Waals surface area contributed by atoms with Crippen molar-refractivity contribution in [2.45, 2.75) is 61.4 Å². The Kier molecular flexibility index (Phi) is 19.5. The first-order valence-corrected chi connectivity index (χ1v) is 14.3. The second-order valence-electron chi connectivity index (χ2n) is 9.54. The van der Waals surface area contributed by atoms with Gasteiger partial charge in [0, 0.05) is 0 Å². The zero-order valence-electron chi connectivity index (χ0n) is 26.0. The van der Waals surface area contributed by atoms with Crippen LogP contribution in [0, 0.1) is 98.8 Å². The fourth-order valence-electron chi connectivity index (χ4n) is 4.85. The van der Waals surface area contributed by atoms with Crippen molar-refractivity contribution >= 4 is 0 Å². The summed E-state index contributed by atoms with van der Waals surface area (Å²) < 4.78 is 66.3. The molecule has 2 saturated heterocycles. The summed E-state index contributed by atoms with van der Waals surface area (Å²) in [5.41, 5.74) is 0. The molecule has 11 nitrogen and oxygen atoms in total. The minimum absolute atomic E-state index is 0.0134. The Bertz CT molecular complexity index is 1180. The van der Waals surface area contributed by atoms with Crippen LogP contribution < -0.4 is 0 Å². The topological polar surface area (TPSA) is 102 Å². The summed E-state index contributed by atoms with van der Waals surface area (Å²) >= 11 is 0. The van der Waals surface area contributed by atoms with Crippen LogP contribution in [0.25, 0.3) is 0 Å². The van der Waals surface area contributed by atoms with E-state index in [1.807, 2.05) is 0 Å². The lowest BCUT2D eigenvalue weighted by Crippen LogP contribution is -2.66. The van der Waals surface area contributed by atoms with Crippen LogP contribution in [0.3, 0.4) is 0 Å². The third-order valence-electron chi connectivity index (χ3n) is 6.54. The largest absolute Gasteiger partial charge is 0.366 e. The van der Waals surface area contributed by atoms with Crippen molar-refractivity contribution in [3.63, 3.8) is 0 Å². The molecule has 0 aromatic rings. The summed E-state index contributed by atoms with van der Waals surface area (Å²) in [5.74, 6) is 19.4. The van der Waals surface area contributed by atoms with Gasteiger partial charge in [0.1, 0.15) is 102 Å². The maximum atomic E-state index is 6.47. The quantitative estimate of drug-likeness (QED) is 0.131. The molecule has 2 aliphatic heterocycles. The number of terminal acetylenes is 8. The molecule has 2 heterocycles. The van der Waals surface area contributed by atoms with Gasteiger partial charge in [0.15, 0.2) is 12.6 Å².